The van der Waals surface area contributed by atoms with Crippen molar-refractivity contribution in [1.82, 2.24) is 4.90 Å². The minimum Gasteiger partial charge on any atom is -0.322 e. The van der Waals surface area contributed by atoms with Crippen LogP contribution in [-0.4, -0.2) is 22.5 Å². The first-order chi connectivity index (χ1) is 19.7. The van der Waals surface area contributed by atoms with Crippen molar-refractivity contribution in [3.05, 3.63) is 144 Å². The fraction of sp³-hybridized carbons (Fsp3) is 0.297. The Balaban J connectivity index is 1.73. The van der Waals surface area contributed by atoms with Gasteiger partial charge in [-0.05, 0) is 28.7 Å². The number of carbonyl (C=O) groups excluding carboxylic acids is 2. The molecule has 0 aliphatic carbocycles. The molecule has 4 nitrogen and oxygen atoms in total. The molecule has 4 aromatic carbocycles. The summed E-state index contributed by atoms with van der Waals surface area (Å²) >= 11 is 0. The van der Waals surface area contributed by atoms with Crippen molar-refractivity contribution in [1.29, 1.82) is 0 Å². The van der Waals surface area contributed by atoms with E-state index in [1.165, 1.54) is 0 Å². The van der Waals surface area contributed by atoms with Gasteiger partial charge in [0.15, 0.2) is 5.78 Å². The Bertz CT molecular complexity index is 1320. The number of nitrogens with zero attached hydrogens (tertiary/aromatic N) is 1. The summed E-state index contributed by atoms with van der Waals surface area (Å²) in [6.45, 7) is 6.92. The lowest BCUT2D eigenvalue weighted by Crippen LogP contribution is -2.48. The molecule has 2 N–H and O–H groups in total. The monoisotopic (exact) mass is 546 g/mol. The number of carbonyl (C=O) groups is 2. The summed E-state index contributed by atoms with van der Waals surface area (Å²) in [6, 6.07) is 39.0. The molecule has 0 aliphatic heterocycles. The first-order valence-electron chi connectivity index (χ1n) is 14.5. The van der Waals surface area contributed by atoms with E-state index in [0.717, 1.165) is 22.3 Å². The Morgan fingerprint density at radius 1 is 0.659 bits per heavy atom. The second-order valence-corrected chi connectivity index (χ2v) is 11.9. The number of ketones is 2. The fourth-order valence-corrected chi connectivity index (χ4v) is 5.51. The summed E-state index contributed by atoms with van der Waals surface area (Å²) in [5.74, 6) is -0.350. The molecule has 1 unspecified atom stereocenters. The molecular weight excluding hydrogens is 504 g/mol. The third-order valence-corrected chi connectivity index (χ3v) is 7.59. The smallest absolute Gasteiger partial charge is 0.152 e. The Morgan fingerprint density at radius 2 is 1.07 bits per heavy atom. The first kappa shape index (κ1) is 30.1. The minimum atomic E-state index is -0.621. The highest BCUT2D eigenvalue weighted by atomic mass is 16.1. The summed E-state index contributed by atoms with van der Waals surface area (Å²) in [7, 11) is 0. The quantitative estimate of drug-likeness (QED) is 0.193. The molecule has 0 aromatic heterocycles. The Hall–Kier alpha value is -3.86. The average molecular weight is 547 g/mol. The second kappa shape index (κ2) is 14.2. The van der Waals surface area contributed by atoms with Gasteiger partial charge in [0.05, 0.1) is 12.1 Å². The van der Waals surface area contributed by atoms with Gasteiger partial charge in [-0.1, -0.05) is 142 Å². The Labute approximate surface area is 245 Å². The van der Waals surface area contributed by atoms with Gasteiger partial charge in [0.25, 0.3) is 0 Å². The molecule has 0 radical (unpaired) electrons. The van der Waals surface area contributed by atoms with Gasteiger partial charge in [-0.3, -0.25) is 14.5 Å². The summed E-state index contributed by atoms with van der Waals surface area (Å²) < 4.78 is 0. The van der Waals surface area contributed by atoms with E-state index in [2.05, 4.69) is 29.2 Å². The molecule has 41 heavy (non-hydrogen) atoms. The summed E-state index contributed by atoms with van der Waals surface area (Å²) in [5.41, 5.74) is 10.6. The molecule has 4 rings (SSSR count). The number of nitrogens with two attached hydrogens (primary N) is 1. The van der Waals surface area contributed by atoms with Crippen LogP contribution in [0.1, 0.15) is 55.5 Å². The first-order valence-corrected chi connectivity index (χ1v) is 14.5. The van der Waals surface area contributed by atoms with Crippen LogP contribution in [0.2, 0.25) is 0 Å². The van der Waals surface area contributed by atoms with Crippen molar-refractivity contribution in [2.45, 2.75) is 58.8 Å². The normalized spacial score (nSPS) is 13.9. The highest BCUT2D eigenvalue weighted by Gasteiger charge is 2.37. The molecule has 0 saturated heterocycles. The maximum absolute atomic E-state index is 14.5. The standard InChI is InChI=1S/C37H42N2O2/c1-37(2,3)36(41)32(24-28-16-8-4-9-17-28)25-33(40)35(34(38)31-22-14-7-15-23-31)39(26-29-18-10-5-11-19-29)27-30-20-12-6-13-21-30/h4-23,32,34-35H,24-27,38H2,1-3H3/t32-,34?,35+/m0/s1. The third-order valence-electron chi connectivity index (χ3n) is 7.59. The van der Waals surface area contributed by atoms with E-state index in [-0.39, 0.29) is 18.0 Å². The van der Waals surface area contributed by atoms with Crippen molar-refractivity contribution < 1.29 is 9.59 Å². The highest BCUT2D eigenvalue weighted by molar-refractivity contribution is 5.93. The molecule has 0 saturated carbocycles. The molecule has 0 amide bonds. The topological polar surface area (TPSA) is 63.4 Å². The zero-order valence-electron chi connectivity index (χ0n) is 24.4. The molecule has 4 aromatic rings. The lowest BCUT2D eigenvalue weighted by molar-refractivity contribution is -0.135. The van der Waals surface area contributed by atoms with E-state index in [0.29, 0.717) is 19.5 Å². The van der Waals surface area contributed by atoms with Gasteiger partial charge in [0, 0.05) is 30.8 Å². The van der Waals surface area contributed by atoms with Gasteiger partial charge in [-0.25, -0.2) is 0 Å². The van der Waals surface area contributed by atoms with Crippen LogP contribution in [0.25, 0.3) is 0 Å². The van der Waals surface area contributed by atoms with Gasteiger partial charge in [0.2, 0.25) is 0 Å². The van der Waals surface area contributed by atoms with Gasteiger partial charge in [-0.15, -0.1) is 0 Å². The zero-order chi connectivity index (χ0) is 29.2. The van der Waals surface area contributed by atoms with Crippen LogP contribution >= 0.6 is 0 Å². The molecule has 0 bridgehead atoms. The van der Waals surface area contributed by atoms with Crippen LogP contribution in [0.4, 0.5) is 0 Å². The van der Waals surface area contributed by atoms with E-state index in [9.17, 15) is 9.59 Å². The molecule has 4 heteroatoms. The van der Waals surface area contributed by atoms with E-state index >= 15 is 0 Å². The van der Waals surface area contributed by atoms with Crippen LogP contribution in [-0.2, 0) is 29.1 Å². The van der Waals surface area contributed by atoms with Gasteiger partial charge >= 0.3 is 0 Å². The van der Waals surface area contributed by atoms with Crippen LogP contribution in [0.15, 0.2) is 121 Å². The van der Waals surface area contributed by atoms with Gasteiger partial charge in [0.1, 0.15) is 5.78 Å². The lowest BCUT2D eigenvalue weighted by atomic mass is 9.77. The van der Waals surface area contributed by atoms with Crippen LogP contribution in [0.3, 0.4) is 0 Å². The molecule has 0 fully saturated rings. The van der Waals surface area contributed by atoms with Crippen molar-refractivity contribution in [3.63, 3.8) is 0 Å². The van der Waals surface area contributed by atoms with E-state index in [4.69, 9.17) is 5.73 Å². The highest BCUT2D eigenvalue weighted by Crippen LogP contribution is 2.30. The van der Waals surface area contributed by atoms with E-state index in [1.807, 2.05) is 118 Å². The molecule has 0 aliphatic rings. The van der Waals surface area contributed by atoms with E-state index < -0.39 is 23.4 Å². The lowest BCUT2D eigenvalue weighted by Gasteiger charge is -2.36. The second-order valence-electron chi connectivity index (χ2n) is 11.9. The number of hydrogen-bond acceptors (Lipinski definition) is 4. The Morgan fingerprint density at radius 3 is 1.51 bits per heavy atom. The number of hydrogen-bond donors (Lipinski definition) is 1. The summed E-state index contributed by atoms with van der Waals surface area (Å²) in [6.07, 6.45) is 0.656. The van der Waals surface area contributed by atoms with Crippen molar-refractivity contribution in [3.8, 4) is 0 Å². The van der Waals surface area contributed by atoms with Gasteiger partial charge < -0.3 is 5.73 Å². The molecule has 0 heterocycles. The van der Waals surface area contributed by atoms with Gasteiger partial charge in [-0.2, -0.15) is 0 Å². The molecule has 212 valence electrons. The van der Waals surface area contributed by atoms with Crippen molar-refractivity contribution in [2.75, 3.05) is 0 Å². The SMILES string of the molecule is CC(C)(C)C(=O)[C@H](CC(=O)[C@H](C(N)c1ccccc1)N(Cc1ccccc1)Cc1ccccc1)Cc1ccccc1. The number of benzene rings is 4. The fourth-order valence-electron chi connectivity index (χ4n) is 5.51. The summed E-state index contributed by atoms with van der Waals surface area (Å²) in [4.78, 5) is 30.4. The van der Waals surface area contributed by atoms with Crippen molar-refractivity contribution in [2.24, 2.45) is 17.1 Å². The van der Waals surface area contributed by atoms with Crippen molar-refractivity contribution >= 4 is 11.6 Å². The van der Waals surface area contributed by atoms with Crippen LogP contribution in [0.5, 0.6) is 0 Å². The number of rotatable bonds is 13. The number of Topliss-reactive ketones (excluding diaryl/α,β-unsaturated/α-hetero) is 2. The third kappa shape index (κ3) is 8.56. The largest absolute Gasteiger partial charge is 0.322 e. The molecular formula is C37H42N2O2. The van der Waals surface area contributed by atoms with Crippen LogP contribution in [0, 0.1) is 11.3 Å². The predicted molar refractivity (Wildman–Crippen MR) is 167 cm³/mol. The minimum absolute atomic E-state index is 0.00764. The zero-order valence-corrected chi connectivity index (χ0v) is 24.4. The Kier molecular flexibility index (Phi) is 10.4. The summed E-state index contributed by atoms with van der Waals surface area (Å²) in [5, 5.41) is 0. The van der Waals surface area contributed by atoms with E-state index in [1.54, 1.807) is 0 Å². The predicted octanol–water partition coefficient (Wildman–Crippen LogP) is 7.19. The maximum Gasteiger partial charge on any atom is 0.152 e. The average Bonchev–Trinajstić information content (AvgIpc) is 2.98. The molecule has 0 spiro atoms. The maximum atomic E-state index is 14.5. The van der Waals surface area contributed by atoms with Crippen LogP contribution < -0.4 is 5.73 Å². The molecule has 3 atom stereocenters.